The van der Waals surface area contributed by atoms with E-state index in [1.807, 2.05) is 4.90 Å². The molecule has 2 aromatic heterocycles. The molecule has 0 amide bonds. The number of nitrogens with zero attached hydrogens (tertiary/aromatic N) is 6. The second-order valence-corrected chi connectivity index (χ2v) is 4.42. The summed E-state index contributed by atoms with van der Waals surface area (Å²) in [6.07, 6.45) is 4.52. The van der Waals surface area contributed by atoms with Crippen LogP contribution in [-0.4, -0.2) is 46.1 Å². The van der Waals surface area contributed by atoms with E-state index in [2.05, 4.69) is 24.8 Å². The molecule has 2 N–H and O–H groups in total. The molecule has 1 saturated heterocycles. The van der Waals surface area contributed by atoms with Crippen LogP contribution in [0.1, 0.15) is 0 Å². The van der Waals surface area contributed by atoms with Crippen LogP contribution in [0.25, 0.3) is 0 Å². The normalized spacial score (nSPS) is 15.4. The number of halogens is 1. The first-order valence-corrected chi connectivity index (χ1v) is 6.29. The Morgan fingerprint density at radius 2 is 1.65 bits per heavy atom. The quantitative estimate of drug-likeness (QED) is 0.844. The van der Waals surface area contributed by atoms with E-state index in [-0.39, 0.29) is 11.8 Å². The predicted molar refractivity (Wildman–Crippen MR) is 72.9 cm³/mol. The van der Waals surface area contributed by atoms with Gasteiger partial charge in [-0.05, 0) is 6.07 Å². The van der Waals surface area contributed by atoms with Crippen LogP contribution in [0, 0.1) is 5.82 Å². The van der Waals surface area contributed by atoms with Crippen molar-refractivity contribution in [3.63, 3.8) is 0 Å². The molecule has 104 valence electrons. The maximum Gasteiger partial charge on any atom is 0.225 e. The molecule has 1 aliphatic heterocycles. The molecular weight excluding hydrogens is 261 g/mol. The van der Waals surface area contributed by atoms with Gasteiger partial charge in [0.2, 0.25) is 11.9 Å². The lowest BCUT2D eigenvalue weighted by molar-refractivity contribution is 0.580. The Balaban J connectivity index is 1.71. The van der Waals surface area contributed by atoms with Crippen LogP contribution in [0.2, 0.25) is 0 Å². The molecule has 20 heavy (non-hydrogen) atoms. The van der Waals surface area contributed by atoms with Gasteiger partial charge in [-0.3, -0.25) is 0 Å². The Labute approximate surface area is 115 Å². The fourth-order valence-electron chi connectivity index (χ4n) is 2.17. The van der Waals surface area contributed by atoms with E-state index in [0.29, 0.717) is 32.1 Å². The number of piperazine rings is 1. The summed E-state index contributed by atoms with van der Waals surface area (Å²) in [6, 6.07) is 1.78. The van der Waals surface area contributed by atoms with E-state index in [1.165, 1.54) is 0 Å². The molecule has 0 saturated carbocycles. The third kappa shape index (κ3) is 2.44. The van der Waals surface area contributed by atoms with Crippen LogP contribution >= 0.6 is 0 Å². The smallest absolute Gasteiger partial charge is 0.225 e. The molecule has 0 radical (unpaired) electrons. The highest BCUT2D eigenvalue weighted by atomic mass is 19.1. The van der Waals surface area contributed by atoms with Crippen LogP contribution in [-0.2, 0) is 0 Å². The lowest BCUT2D eigenvalue weighted by atomic mass is 10.3. The largest absolute Gasteiger partial charge is 0.368 e. The summed E-state index contributed by atoms with van der Waals surface area (Å²) in [5.74, 6) is 0.569. The Morgan fingerprint density at radius 1 is 1.00 bits per heavy atom. The van der Waals surface area contributed by atoms with E-state index in [4.69, 9.17) is 5.73 Å². The van der Waals surface area contributed by atoms with Crippen LogP contribution in [0.3, 0.4) is 0 Å². The van der Waals surface area contributed by atoms with Crippen LogP contribution in [0.5, 0.6) is 0 Å². The zero-order valence-electron chi connectivity index (χ0n) is 10.8. The van der Waals surface area contributed by atoms with Gasteiger partial charge in [-0.2, -0.15) is 4.98 Å². The number of nitrogen functional groups attached to an aromatic ring is 1. The summed E-state index contributed by atoms with van der Waals surface area (Å²) in [7, 11) is 0. The molecule has 0 spiro atoms. The van der Waals surface area contributed by atoms with Gasteiger partial charge in [-0.1, -0.05) is 0 Å². The van der Waals surface area contributed by atoms with Crippen LogP contribution in [0.15, 0.2) is 24.7 Å². The summed E-state index contributed by atoms with van der Waals surface area (Å²) in [6.45, 7) is 2.66. The summed E-state index contributed by atoms with van der Waals surface area (Å²) in [5, 5.41) is 0. The molecule has 0 unspecified atom stereocenters. The molecule has 8 heteroatoms. The van der Waals surface area contributed by atoms with Gasteiger partial charge in [0.1, 0.15) is 0 Å². The second kappa shape index (κ2) is 5.24. The molecule has 0 bridgehead atoms. The van der Waals surface area contributed by atoms with Crippen molar-refractivity contribution in [1.29, 1.82) is 0 Å². The SMILES string of the molecule is Nc1ncc(F)c(N2CCN(c3ncccn3)CC2)n1. The van der Waals surface area contributed by atoms with Crippen molar-refractivity contribution in [2.24, 2.45) is 0 Å². The first-order chi connectivity index (χ1) is 9.74. The second-order valence-electron chi connectivity index (χ2n) is 4.42. The number of rotatable bonds is 2. The molecule has 3 rings (SSSR count). The molecule has 1 fully saturated rings. The van der Waals surface area contributed by atoms with Gasteiger partial charge in [0.05, 0.1) is 6.20 Å². The number of aromatic nitrogens is 4. The molecule has 1 aliphatic rings. The van der Waals surface area contributed by atoms with Gasteiger partial charge in [0.25, 0.3) is 0 Å². The maximum absolute atomic E-state index is 13.7. The van der Waals surface area contributed by atoms with Gasteiger partial charge in [-0.15, -0.1) is 0 Å². The molecule has 0 atom stereocenters. The highest BCUT2D eigenvalue weighted by Gasteiger charge is 2.22. The fraction of sp³-hybridized carbons (Fsp3) is 0.333. The Kier molecular flexibility index (Phi) is 3.28. The van der Waals surface area contributed by atoms with Crippen molar-refractivity contribution >= 4 is 17.7 Å². The summed E-state index contributed by atoms with van der Waals surface area (Å²) in [4.78, 5) is 19.9. The van der Waals surface area contributed by atoms with Gasteiger partial charge in [0.15, 0.2) is 11.6 Å². The predicted octanol–water partition coefficient (Wildman–Crippen LogP) is 0.314. The minimum atomic E-state index is -0.455. The van der Waals surface area contributed by atoms with Crippen molar-refractivity contribution in [3.8, 4) is 0 Å². The van der Waals surface area contributed by atoms with Gasteiger partial charge >= 0.3 is 0 Å². The number of nitrogens with two attached hydrogens (primary N) is 1. The molecular formula is C12H14FN7. The summed E-state index contributed by atoms with van der Waals surface area (Å²) >= 11 is 0. The minimum absolute atomic E-state index is 0.0789. The average Bonchev–Trinajstić information content (AvgIpc) is 2.51. The molecule has 0 aromatic carbocycles. The number of hydrogen-bond donors (Lipinski definition) is 1. The van der Waals surface area contributed by atoms with Crippen molar-refractivity contribution in [1.82, 2.24) is 19.9 Å². The maximum atomic E-state index is 13.7. The highest BCUT2D eigenvalue weighted by molar-refractivity contribution is 5.45. The molecule has 0 aliphatic carbocycles. The minimum Gasteiger partial charge on any atom is -0.368 e. The monoisotopic (exact) mass is 275 g/mol. The highest BCUT2D eigenvalue weighted by Crippen LogP contribution is 2.19. The van der Waals surface area contributed by atoms with Gasteiger partial charge < -0.3 is 15.5 Å². The van der Waals surface area contributed by atoms with Crippen molar-refractivity contribution < 1.29 is 4.39 Å². The fourth-order valence-corrected chi connectivity index (χ4v) is 2.17. The standard InChI is InChI=1S/C12H14FN7/c13-9-8-17-11(14)18-10(9)19-4-6-20(7-5-19)12-15-2-1-3-16-12/h1-3,8H,4-7H2,(H2,14,17,18). The van der Waals surface area contributed by atoms with E-state index >= 15 is 0 Å². The Hall–Kier alpha value is -2.51. The molecule has 7 nitrogen and oxygen atoms in total. The summed E-state index contributed by atoms with van der Waals surface area (Å²) in [5.41, 5.74) is 5.51. The first-order valence-electron chi connectivity index (χ1n) is 6.29. The zero-order chi connectivity index (χ0) is 13.9. The lowest BCUT2D eigenvalue weighted by Gasteiger charge is -2.35. The van der Waals surface area contributed by atoms with E-state index in [9.17, 15) is 4.39 Å². The Morgan fingerprint density at radius 3 is 2.35 bits per heavy atom. The van der Waals surface area contributed by atoms with Crippen LogP contribution < -0.4 is 15.5 Å². The molecule has 2 aromatic rings. The third-order valence-electron chi connectivity index (χ3n) is 3.16. The van der Waals surface area contributed by atoms with E-state index in [1.54, 1.807) is 18.5 Å². The van der Waals surface area contributed by atoms with Crippen LogP contribution in [0.4, 0.5) is 22.1 Å². The van der Waals surface area contributed by atoms with Gasteiger partial charge in [-0.25, -0.2) is 19.3 Å². The average molecular weight is 275 g/mol. The van der Waals surface area contributed by atoms with Crippen molar-refractivity contribution in [2.75, 3.05) is 41.7 Å². The Bertz CT molecular complexity index is 584. The van der Waals surface area contributed by atoms with E-state index < -0.39 is 5.82 Å². The topological polar surface area (TPSA) is 84.1 Å². The third-order valence-corrected chi connectivity index (χ3v) is 3.16. The number of anilines is 3. The first kappa shape index (κ1) is 12.5. The molecule has 3 heterocycles. The zero-order valence-corrected chi connectivity index (χ0v) is 10.8. The summed E-state index contributed by atoms with van der Waals surface area (Å²) < 4.78 is 13.7. The van der Waals surface area contributed by atoms with Crippen molar-refractivity contribution in [3.05, 3.63) is 30.5 Å². The van der Waals surface area contributed by atoms with Gasteiger partial charge in [0, 0.05) is 38.6 Å². The number of hydrogen-bond acceptors (Lipinski definition) is 7. The lowest BCUT2D eigenvalue weighted by Crippen LogP contribution is -2.47. The van der Waals surface area contributed by atoms with E-state index in [0.717, 1.165) is 6.20 Å². The van der Waals surface area contributed by atoms with Crippen molar-refractivity contribution in [2.45, 2.75) is 0 Å².